The number of aliphatic hydroxyl groups is 1. The van der Waals surface area contributed by atoms with Gasteiger partial charge in [-0.25, -0.2) is 0 Å². The molecule has 0 saturated carbocycles. The standard InChI is InChI=1S/C19H21N2O3P/c1-19(2)18(22)17(15-11-13(12-20)9-10-16(15)24-19)21-25(3,23)14-7-5-4-6-8-14/h4-11,17-18,22H,1-3H3,(H,21,23)/t17-,18+,25?/m1/s1. The summed E-state index contributed by atoms with van der Waals surface area (Å²) in [6, 6.07) is 15.7. The number of benzene rings is 2. The van der Waals surface area contributed by atoms with Gasteiger partial charge in [-0.05, 0) is 32.0 Å². The molecule has 0 aromatic heterocycles. The fraction of sp³-hybridized carbons (Fsp3) is 0.316. The molecule has 1 unspecified atom stereocenters. The monoisotopic (exact) mass is 356 g/mol. The summed E-state index contributed by atoms with van der Waals surface area (Å²) in [5.74, 6) is 0.583. The van der Waals surface area contributed by atoms with Crippen LogP contribution in [0.3, 0.4) is 0 Å². The Bertz CT molecular complexity index is 874. The van der Waals surface area contributed by atoms with E-state index in [0.29, 0.717) is 22.2 Å². The van der Waals surface area contributed by atoms with Crippen LogP contribution in [0.15, 0.2) is 48.5 Å². The lowest BCUT2D eigenvalue weighted by atomic mass is 9.86. The van der Waals surface area contributed by atoms with Crippen molar-refractivity contribution < 1.29 is 14.4 Å². The van der Waals surface area contributed by atoms with Crippen LogP contribution >= 0.6 is 7.29 Å². The average Bonchev–Trinajstić information content (AvgIpc) is 2.59. The molecule has 0 amide bonds. The molecule has 2 aromatic carbocycles. The van der Waals surface area contributed by atoms with Gasteiger partial charge in [0.05, 0.1) is 17.7 Å². The zero-order valence-electron chi connectivity index (χ0n) is 14.4. The Morgan fingerprint density at radius 1 is 1.24 bits per heavy atom. The summed E-state index contributed by atoms with van der Waals surface area (Å²) in [5, 5.41) is 23.8. The van der Waals surface area contributed by atoms with Gasteiger partial charge in [0.15, 0.2) is 7.29 Å². The maximum atomic E-state index is 13.3. The van der Waals surface area contributed by atoms with Crippen molar-refractivity contribution in [2.45, 2.75) is 31.6 Å². The SMILES string of the molecule is CC1(C)Oc2ccc(C#N)cc2[C@@H](NP(C)(=O)c2ccccc2)[C@@H]1O. The molecule has 1 aliphatic heterocycles. The van der Waals surface area contributed by atoms with Crippen LogP contribution in [0.4, 0.5) is 0 Å². The third-order valence-corrected chi connectivity index (χ3v) is 6.56. The Balaban J connectivity index is 2.05. The van der Waals surface area contributed by atoms with Crippen LogP contribution in [0.25, 0.3) is 0 Å². The first-order valence-electron chi connectivity index (χ1n) is 8.07. The molecule has 25 heavy (non-hydrogen) atoms. The van der Waals surface area contributed by atoms with Crippen molar-refractivity contribution in [1.82, 2.24) is 5.09 Å². The molecule has 130 valence electrons. The van der Waals surface area contributed by atoms with Gasteiger partial charge in [0.25, 0.3) is 0 Å². The quantitative estimate of drug-likeness (QED) is 0.827. The van der Waals surface area contributed by atoms with Crippen LogP contribution in [0, 0.1) is 11.3 Å². The number of aliphatic hydroxyl groups excluding tert-OH is 1. The van der Waals surface area contributed by atoms with E-state index in [-0.39, 0.29) is 0 Å². The van der Waals surface area contributed by atoms with Gasteiger partial charge in [-0.3, -0.25) is 5.09 Å². The van der Waals surface area contributed by atoms with Crippen LogP contribution in [0.1, 0.15) is 31.0 Å². The van der Waals surface area contributed by atoms with Crippen LogP contribution in [-0.4, -0.2) is 23.5 Å². The van der Waals surface area contributed by atoms with E-state index in [2.05, 4.69) is 11.2 Å². The van der Waals surface area contributed by atoms with E-state index in [4.69, 9.17) is 4.74 Å². The second-order valence-electron chi connectivity index (χ2n) is 6.88. The van der Waals surface area contributed by atoms with Gasteiger partial charge in [-0.15, -0.1) is 0 Å². The summed E-state index contributed by atoms with van der Waals surface area (Å²) in [4.78, 5) is 0. The highest BCUT2D eigenvalue weighted by atomic mass is 31.2. The molecular weight excluding hydrogens is 335 g/mol. The molecular formula is C19H21N2O3P. The second-order valence-corrected chi connectivity index (χ2v) is 9.50. The Kier molecular flexibility index (Phi) is 4.47. The van der Waals surface area contributed by atoms with Crippen molar-refractivity contribution in [2.24, 2.45) is 0 Å². The highest BCUT2D eigenvalue weighted by Crippen LogP contribution is 2.46. The summed E-state index contributed by atoms with van der Waals surface area (Å²) < 4.78 is 19.2. The van der Waals surface area contributed by atoms with E-state index in [1.165, 1.54) is 0 Å². The van der Waals surface area contributed by atoms with E-state index in [0.717, 1.165) is 0 Å². The molecule has 1 aliphatic rings. The smallest absolute Gasteiger partial charge is 0.173 e. The van der Waals surface area contributed by atoms with Gasteiger partial charge in [0.2, 0.25) is 0 Å². The number of nitrogens with one attached hydrogen (secondary N) is 1. The van der Waals surface area contributed by atoms with Crippen molar-refractivity contribution >= 4 is 12.6 Å². The van der Waals surface area contributed by atoms with Crippen molar-refractivity contribution in [3.05, 3.63) is 59.7 Å². The Morgan fingerprint density at radius 3 is 2.56 bits per heavy atom. The van der Waals surface area contributed by atoms with Gasteiger partial charge in [0, 0.05) is 17.5 Å². The van der Waals surface area contributed by atoms with Crippen LogP contribution in [0.2, 0.25) is 0 Å². The lowest BCUT2D eigenvalue weighted by molar-refractivity contribution is -0.0603. The third kappa shape index (κ3) is 3.34. The van der Waals surface area contributed by atoms with Gasteiger partial charge in [-0.2, -0.15) is 5.26 Å². The Morgan fingerprint density at radius 2 is 1.92 bits per heavy atom. The van der Waals surface area contributed by atoms with Crippen molar-refractivity contribution in [3.8, 4) is 11.8 Å². The summed E-state index contributed by atoms with van der Waals surface area (Å²) in [5.41, 5.74) is 0.255. The minimum atomic E-state index is -2.93. The molecule has 3 rings (SSSR count). The minimum Gasteiger partial charge on any atom is -0.485 e. The zero-order chi connectivity index (χ0) is 18.2. The topological polar surface area (TPSA) is 82.3 Å². The molecule has 0 saturated heterocycles. The van der Waals surface area contributed by atoms with Crippen LogP contribution < -0.4 is 15.1 Å². The highest BCUT2D eigenvalue weighted by Gasteiger charge is 2.44. The average molecular weight is 356 g/mol. The number of hydrogen-bond donors (Lipinski definition) is 2. The maximum Gasteiger partial charge on any atom is 0.173 e. The maximum absolute atomic E-state index is 13.3. The Hall–Kier alpha value is -2.12. The van der Waals surface area contributed by atoms with E-state index < -0.39 is 25.0 Å². The minimum absolute atomic E-state index is 0.465. The summed E-state index contributed by atoms with van der Waals surface area (Å²) in [6.45, 7) is 5.22. The molecule has 6 heteroatoms. The molecule has 0 aliphatic carbocycles. The van der Waals surface area contributed by atoms with Crippen molar-refractivity contribution in [2.75, 3.05) is 6.66 Å². The summed E-state index contributed by atoms with van der Waals surface area (Å²) in [7, 11) is -2.93. The fourth-order valence-electron chi connectivity index (χ4n) is 3.06. The molecule has 1 heterocycles. The van der Waals surface area contributed by atoms with Gasteiger partial charge >= 0.3 is 0 Å². The van der Waals surface area contributed by atoms with E-state index in [1.807, 2.05) is 18.2 Å². The lowest BCUT2D eigenvalue weighted by Crippen LogP contribution is -2.52. The number of fused-ring (bicyclic) bond motifs is 1. The molecule has 5 nitrogen and oxygen atoms in total. The van der Waals surface area contributed by atoms with Gasteiger partial charge < -0.3 is 14.4 Å². The molecule has 0 fully saturated rings. The summed E-state index contributed by atoms with van der Waals surface area (Å²) >= 11 is 0. The summed E-state index contributed by atoms with van der Waals surface area (Å²) in [6.07, 6.45) is -0.925. The second kappa shape index (κ2) is 6.31. The largest absolute Gasteiger partial charge is 0.485 e. The first kappa shape index (κ1) is 17.7. The molecule has 0 bridgehead atoms. The number of ether oxygens (including phenoxy) is 1. The van der Waals surface area contributed by atoms with Crippen LogP contribution in [-0.2, 0) is 4.57 Å². The molecule has 0 spiro atoms. The first-order valence-corrected chi connectivity index (χ1v) is 10.2. The first-order chi connectivity index (χ1) is 11.7. The molecule has 2 N–H and O–H groups in total. The van der Waals surface area contributed by atoms with Gasteiger partial charge in [-0.1, -0.05) is 30.3 Å². The van der Waals surface area contributed by atoms with Crippen molar-refractivity contribution in [1.29, 1.82) is 5.26 Å². The number of hydrogen-bond acceptors (Lipinski definition) is 4. The highest BCUT2D eigenvalue weighted by molar-refractivity contribution is 7.69. The fourth-order valence-corrected chi connectivity index (χ4v) is 4.76. The van der Waals surface area contributed by atoms with E-state index >= 15 is 0 Å². The van der Waals surface area contributed by atoms with Crippen molar-refractivity contribution in [3.63, 3.8) is 0 Å². The van der Waals surface area contributed by atoms with E-state index in [9.17, 15) is 14.9 Å². The molecule has 2 aromatic rings. The van der Waals surface area contributed by atoms with Gasteiger partial charge in [0.1, 0.15) is 17.5 Å². The number of nitriles is 1. The van der Waals surface area contributed by atoms with Crippen LogP contribution in [0.5, 0.6) is 5.75 Å². The molecule has 3 atom stereocenters. The third-order valence-electron chi connectivity index (χ3n) is 4.51. The normalized spacial score (nSPS) is 23.6. The lowest BCUT2D eigenvalue weighted by Gasteiger charge is -2.43. The predicted octanol–water partition coefficient (Wildman–Crippen LogP) is 2.95. The number of rotatable bonds is 3. The predicted molar refractivity (Wildman–Crippen MR) is 97.4 cm³/mol. The van der Waals surface area contributed by atoms with E-state index in [1.54, 1.807) is 50.8 Å². The Labute approximate surface area is 147 Å². The zero-order valence-corrected chi connectivity index (χ0v) is 15.3. The number of nitrogens with zero attached hydrogens (tertiary/aromatic N) is 1. The molecule has 0 radical (unpaired) electrons.